The van der Waals surface area contributed by atoms with Gasteiger partial charge in [-0.05, 0) is 43.6 Å². The summed E-state index contributed by atoms with van der Waals surface area (Å²) < 4.78 is 0. The predicted octanol–water partition coefficient (Wildman–Crippen LogP) is 3.85. The van der Waals surface area contributed by atoms with Crippen molar-refractivity contribution in [3.63, 3.8) is 0 Å². The van der Waals surface area contributed by atoms with Crippen LogP contribution in [-0.2, 0) is 0 Å². The van der Waals surface area contributed by atoms with E-state index in [2.05, 4.69) is 17.2 Å². The van der Waals surface area contributed by atoms with Gasteiger partial charge in [0.1, 0.15) is 0 Å². The van der Waals surface area contributed by atoms with Gasteiger partial charge < -0.3 is 10.2 Å². The molecule has 1 aliphatic rings. The summed E-state index contributed by atoms with van der Waals surface area (Å²) in [6.07, 6.45) is 8.27. The summed E-state index contributed by atoms with van der Waals surface area (Å²) in [5.41, 5.74) is 1.06. The number of carbonyl (C=O) groups excluding carboxylic acids is 1. The Balaban J connectivity index is 1.88. The Hall–Kier alpha value is -1.23. The number of rotatable bonds is 5. The smallest absolute Gasteiger partial charge is 0.317 e. The third-order valence-corrected chi connectivity index (χ3v) is 5.66. The Morgan fingerprint density at radius 2 is 2.36 bits per heavy atom. The van der Waals surface area contributed by atoms with Gasteiger partial charge in [0.05, 0.1) is 6.04 Å². The summed E-state index contributed by atoms with van der Waals surface area (Å²) in [6.45, 7) is 4.24. The molecule has 1 aliphatic carbocycles. The fourth-order valence-corrected chi connectivity index (χ4v) is 4.14. The first-order valence-electron chi connectivity index (χ1n) is 8.16. The summed E-state index contributed by atoms with van der Waals surface area (Å²) in [6, 6.07) is 4.27. The molecule has 0 spiro atoms. The van der Waals surface area contributed by atoms with Gasteiger partial charge in [-0.2, -0.15) is 11.8 Å². The lowest BCUT2D eigenvalue weighted by atomic mass is 9.95. The Bertz CT molecular complexity index is 466. The molecular weight excluding hydrogens is 294 g/mol. The average molecular weight is 321 g/mol. The summed E-state index contributed by atoms with van der Waals surface area (Å²) in [7, 11) is 1.86. The lowest BCUT2D eigenvalue weighted by Crippen LogP contribution is -2.46. The Labute approximate surface area is 138 Å². The fraction of sp³-hybridized carbons (Fsp3) is 0.647. The van der Waals surface area contributed by atoms with Crippen LogP contribution in [0.1, 0.15) is 51.1 Å². The van der Waals surface area contributed by atoms with Crippen LogP contribution in [0.4, 0.5) is 4.79 Å². The summed E-state index contributed by atoms with van der Waals surface area (Å²) in [5, 5.41) is 3.91. The molecule has 1 saturated carbocycles. The third-order valence-electron chi connectivity index (χ3n) is 4.42. The van der Waals surface area contributed by atoms with Crippen molar-refractivity contribution in [2.45, 2.75) is 56.9 Å². The summed E-state index contributed by atoms with van der Waals surface area (Å²) in [4.78, 5) is 18.4. The lowest BCUT2D eigenvalue weighted by molar-refractivity contribution is 0.187. The molecule has 0 aliphatic heterocycles. The normalized spacial score (nSPS) is 22.9. The Morgan fingerprint density at radius 1 is 1.55 bits per heavy atom. The van der Waals surface area contributed by atoms with Gasteiger partial charge in [-0.1, -0.05) is 19.4 Å². The van der Waals surface area contributed by atoms with E-state index in [1.165, 1.54) is 12.8 Å². The molecule has 1 heterocycles. The minimum Gasteiger partial charge on any atom is -0.335 e. The molecule has 122 valence electrons. The van der Waals surface area contributed by atoms with Gasteiger partial charge >= 0.3 is 6.03 Å². The standard InChI is InChI=1S/C17H27N3OS/c1-4-22-16-9-5-8-15(11-16)19-17(21)20(3)13(2)14-7-6-10-18-12-14/h6-7,10,12-13,15-16H,4-5,8-9,11H2,1-3H3,(H,19,21)/t13-,15-,16+/m0/s1. The quantitative estimate of drug-likeness (QED) is 0.896. The van der Waals surface area contributed by atoms with Crippen LogP contribution in [0.5, 0.6) is 0 Å². The number of pyridine rings is 1. The van der Waals surface area contributed by atoms with Crippen LogP contribution >= 0.6 is 11.8 Å². The first-order valence-corrected chi connectivity index (χ1v) is 9.21. The highest BCUT2D eigenvalue weighted by molar-refractivity contribution is 7.99. The van der Waals surface area contributed by atoms with E-state index in [4.69, 9.17) is 0 Å². The molecule has 2 amide bonds. The van der Waals surface area contributed by atoms with Crippen molar-refractivity contribution in [2.24, 2.45) is 0 Å². The van der Waals surface area contributed by atoms with E-state index in [0.717, 1.165) is 24.2 Å². The molecule has 22 heavy (non-hydrogen) atoms. The first kappa shape index (κ1) is 17.1. The van der Waals surface area contributed by atoms with Crippen molar-refractivity contribution < 1.29 is 4.79 Å². The number of hydrogen-bond acceptors (Lipinski definition) is 3. The zero-order chi connectivity index (χ0) is 15.9. The number of carbonyl (C=O) groups is 1. The monoisotopic (exact) mass is 321 g/mol. The molecule has 0 radical (unpaired) electrons. The average Bonchev–Trinajstić information content (AvgIpc) is 2.55. The molecule has 4 nitrogen and oxygen atoms in total. The molecule has 1 aromatic rings. The Kier molecular flexibility index (Phi) is 6.55. The number of amides is 2. The topological polar surface area (TPSA) is 45.2 Å². The molecule has 1 N–H and O–H groups in total. The highest BCUT2D eigenvalue weighted by Crippen LogP contribution is 2.28. The van der Waals surface area contributed by atoms with Gasteiger partial charge in [0.25, 0.3) is 0 Å². The third kappa shape index (κ3) is 4.63. The number of nitrogens with zero attached hydrogens (tertiary/aromatic N) is 2. The molecule has 0 unspecified atom stereocenters. The van der Waals surface area contributed by atoms with Gasteiger partial charge in [-0.25, -0.2) is 4.79 Å². The van der Waals surface area contributed by atoms with Gasteiger partial charge in [-0.15, -0.1) is 0 Å². The molecule has 0 aromatic carbocycles. The minimum atomic E-state index is 0.0171. The fourth-order valence-electron chi connectivity index (χ4n) is 2.96. The Morgan fingerprint density at radius 3 is 3.05 bits per heavy atom. The molecule has 0 saturated heterocycles. The van der Waals surface area contributed by atoms with Gasteiger partial charge in [0.15, 0.2) is 0 Å². The largest absolute Gasteiger partial charge is 0.335 e. The van der Waals surface area contributed by atoms with E-state index >= 15 is 0 Å². The van der Waals surface area contributed by atoms with E-state index < -0.39 is 0 Å². The van der Waals surface area contributed by atoms with Crippen molar-refractivity contribution in [1.29, 1.82) is 0 Å². The lowest BCUT2D eigenvalue weighted by Gasteiger charge is -2.32. The van der Waals surface area contributed by atoms with Crippen LogP contribution in [0.3, 0.4) is 0 Å². The highest BCUT2D eigenvalue weighted by atomic mass is 32.2. The van der Waals surface area contributed by atoms with Gasteiger partial charge in [0, 0.05) is 30.7 Å². The van der Waals surface area contributed by atoms with Crippen molar-refractivity contribution in [3.8, 4) is 0 Å². The second-order valence-electron chi connectivity index (χ2n) is 5.96. The molecule has 3 atom stereocenters. The van der Waals surface area contributed by atoms with E-state index in [1.807, 2.05) is 44.1 Å². The van der Waals surface area contributed by atoms with E-state index in [9.17, 15) is 4.79 Å². The van der Waals surface area contributed by atoms with Gasteiger partial charge in [-0.3, -0.25) is 4.98 Å². The zero-order valence-corrected chi connectivity index (χ0v) is 14.6. The van der Waals surface area contributed by atoms with E-state index in [-0.39, 0.29) is 12.1 Å². The van der Waals surface area contributed by atoms with Crippen LogP contribution in [0, 0.1) is 0 Å². The SMILES string of the molecule is CCS[C@@H]1CCC[C@H](NC(=O)N(C)[C@@H](C)c2cccnc2)C1. The van der Waals surface area contributed by atoms with Crippen molar-refractivity contribution in [3.05, 3.63) is 30.1 Å². The van der Waals surface area contributed by atoms with Gasteiger partial charge in [0.2, 0.25) is 0 Å². The molecule has 0 bridgehead atoms. The number of nitrogens with one attached hydrogen (secondary N) is 1. The molecular formula is C17H27N3OS. The van der Waals surface area contributed by atoms with E-state index in [0.29, 0.717) is 11.3 Å². The minimum absolute atomic E-state index is 0.0171. The van der Waals surface area contributed by atoms with Crippen molar-refractivity contribution >= 4 is 17.8 Å². The number of thioether (sulfide) groups is 1. The molecule has 1 aromatic heterocycles. The number of hydrogen-bond donors (Lipinski definition) is 1. The van der Waals surface area contributed by atoms with Crippen LogP contribution in [0.25, 0.3) is 0 Å². The second-order valence-corrected chi connectivity index (χ2v) is 7.54. The molecule has 5 heteroatoms. The number of urea groups is 1. The number of aromatic nitrogens is 1. The summed E-state index contributed by atoms with van der Waals surface area (Å²) in [5.74, 6) is 1.16. The van der Waals surface area contributed by atoms with Crippen molar-refractivity contribution in [1.82, 2.24) is 15.2 Å². The maximum Gasteiger partial charge on any atom is 0.317 e. The maximum absolute atomic E-state index is 12.5. The zero-order valence-electron chi connectivity index (χ0n) is 13.8. The van der Waals surface area contributed by atoms with Crippen LogP contribution in [0.2, 0.25) is 0 Å². The predicted molar refractivity (Wildman–Crippen MR) is 93.1 cm³/mol. The summed E-state index contributed by atoms with van der Waals surface area (Å²) >= 11 is 2.02. The first-order chi connectivity index (χ1) is 10.6. The van der Waals surface area contributed by atoms with Crippen molar-refractivity contribution in [2.75, 3.05) is 12.8 Å². The van der Waals surface area contributed by atoms with E-state index in [1.54, 1.807) is 11.1 Å². The maximum atomic E-state index is 12.5. The highest BCUT2D eigenvalue weighted by Gasteiger charge is 2.25. The molecule has 2 rings (SSSR count). The molecule has 1 fully saturated rings. The second kappa shape index (κ2) is 8.42. The van der Waals surface area contributed by atoms with Crippen LogP contribution in [0.15, 0.2) is 24.5 Å². The van der Waals surface area contributed by atoms with Crippen LogP contribution < -0.4 is 5.32 Å². The van der Waals surface area contributed by atoms with Crippen LogP contribution in [-0.4, -0.2) is 40.0 Å².